The molecule has 2 N–H and O–H groups in total. The Balaban J connectivity index is 0.000000150. The molecule has 58 heavy (non-hydrogen) atoms. The first-order valence-electron chi connectivity index (χ1n) is 18.9. The average molecular weight is 816 g/mol. The molecule has 10 rings (SSSR count). The van der Waals surface area contributed by atoms with Crippen LogP contribution in [0.25, 0.3) is 0 Å². The van der Waals surface area contributed by atoms with Gasteiger partial charge in [0.15, 0.2) is 11.4 Å². The fraction of sp³-hybridized carbons (Fsp3) is 0.227. The molecule has 2 amide bonds. The zero-order valence-corrected chi connectivity index (χ0v) is 32.4. The quantitative estimate of drug-likeness (QED) is 0.145. The zero-order valence-electron chi connectivity index (χ0n) is 30.9. The number of rotatable bonds is 10. The zero-order chi connectivity index (χ0) is 40.3. The third-order valence-electron chi connectivity index (χ3n) is 11.9. The van der Waals surface area contributed by atoms with Crippen LogP contribution in [0.5, 0.6) is 0 Å². The Labute approximate surface area is 342 Å². The van der Waals surface area contributed by atoms with Crippen LogP contribution in [0.4, 0.5) is 11.4 Å². The molecule has 6 aromatic rings. The number of carbonyl (C=O) groups is 4. The van der Waals surface area contributed by atoms with Crippen molar-refractivity contribution in [3.63, 3.8) is 0 Å². The molecular weight excluding hydrogens is 779 g/mol. The van der Waals surface area contributed by atoms with Gasteiger partial charge >= 0.3 is 11.9 Å². The topological polar surface area (TPSA) is 151 Å². The number of imidazole rings is 2. The van der Waals surface area contributed by atoms with Crippen LogP contribution in [0.15, 0.2) is 122 Å². The van der Waals surface area contributed by atoms with Crippen molar-refractivity contribution >= 4 is 58.3 Å². The van der Waals surface area contributed by atoms with Gasteiger partial charge in [0.2, 0.25) is 11.8 Å². The van der Waals surface area contributed by atoms with E-state index < -0.39 is 22.8 Å². The second-order valence-corrected chi connectivity index (χ2v) is 16.0. The predicted molar refractivity (Wildman–Crippen MR) is 217 cm³/mol. The molecule has 2 aromatic heterocycles. The van der Waals surface area contributed by atoms with Gasteiger partial charge in [-0.1, -0.05) is 83.9 Å². The number of amides is 2. The number of hydrogen-bond acceptors (Lipinski definition) is 6. The lowest BCUT2D eigenvalue weighted by Crippen LogP contribution is -2.35. The summed E-state index contributed by atoms with van der Waals surface area (Å²) in [6.07, 6.45) is 7.51. The highest BCUT2D eigenvalue weighted by molar-refractivity contribution is 6.30. The molecule has 0 unspecified atom stereocenters. The first kappa shape index (κ1) is 37.3. The van der Waals surface area contributed by atoms with Gasteiger partial charge in [0.1, 0.15) is 0 Å². The molecule has 2 aliphatic carbocycles. The Morgan fingerprint density at radius 3 is 1.33 bits per heavy atom. The van der Waals surface area contributed by atoms with Gasteiger partial charge in [-0.05, 0) is 71.5 Å². The Kier molecular flexibility index (Phi) is 9.21. The molecule has 0 saturated heterocycles. The number of halogens is 2. The molecule has 4 aliphatic rings. The van der Waals surface area contributed by atoms with E-state index in [0.717, 1.165) is 46.5 Å². The summed E-state index contributed by atoms with van der Waals surface area (Å²) in [4.78, 5) is 60.5. The van der Waals surface area contributed by atoms with E-state index in [0.29, 0.717) is 36.2 Å². The van der Waals surface area contributed by atoms with Crippen LogP contribution in [0.2, 0.25) is 10.0 Å². The number of nitrogens with zero attached hydrogens (tertiary/aromatic N) is 6. The van der Waals surface area contributed by atoms with Crippen molar-refractivity contribution in [1.29, 1.82) is 0 Å². The van der Waals surface area contributed by atoms with Gasteiger partial charge in [-0.15, -0.1) is 0 Å². The van der Waals surface area contributed by atoms with Crippen LogP contribution in [0, 0.1) is 0 Å². The summed E-state index contributed by atoms with van der Waals surface area (Å²) in [6, 6.07) is 31.4. The minimum atomic E-state index is -1.06. The van der Waals surface area contributed by atoms with E-state index in [9.17, 15) is 19.2 Å². The summed E-state index contributed by atoms with van der Waals surface area (Å²) in [5.74, 6) is -1.62. The maximum atomic E-state index is 13.5. The number of aromatic nitrogens is 4. The fourth-order valence-electron chi connectivity index (χ4n) is 8.95. The van der Waals surface area contributed by atoms with Gasteiger partial charge in [-0.2, -0.15) is 0 Å². The number of carboxylic acids is 2. The van der Waals surface area contributed by atoms with Crippen molar-refractivity contribution in [3.8, 4) is 0 Å². The molecule has 14 heteroatoms. The number of anilines is 2. The maximum Gasteiger partial charge on any atom is 0.356 e. The summed E-state index contributed by atoms with van der Waals surface area (Å²) < 4.78 is 3.40. The number of para-hydroxylation sites is 2. The molecule has 4 heterocycles. The predicted octanol–water partition coefficient (Wildman–Crippen LogP) is 7.41. The van der Waals surface area contributed by atoms with Gasteiger partial charge < -0.3 is 29.1 Å². The molecule has 2 fully saturated rings. The number of aromatic carboxylic acids is 2. The van der Waals surface area contributed by atoms with E-state index in [-0.39, 0.29) is 35.0 Å². The number of benzene rings is 4. The van der Waals surface area contributed by atoms with E-state index in [4.69, 9.17) is 33.4 Å². The van der Waals surface area contributed by atoms with Crippen molar-refractivity contribution < 1.29 is 29.4 Å². The SMILES string of the molecule is O=C(O)c1cn(CCN2C(=O)[C@@]3(C[C@@H]3c3ccc(Cl)cc3)c3ccccc32)cn1.O=C(O)c1cn(CCN2C(=O)[C@]3(C[C@H]3c3ccc(Cl)cc3)c3ccccc32)cn1. The lowest BCUT2D eigenvalue weighted by atomic mass is 9.92. The minimum Gasteiger partial charge on any atom is -0.476 e. The summed E-state index contributed by atoms with van der Waals surface area (Å²) in [5.41, 5.74) is 5.25. The second-order valence-electron chi connectivity index (χ2n) is 15.1. The van der Waals surface area contributed by atoms with E-state index in [1.165, 1.54) is 25.0 Å². The van der Waals surface area contributed by atoms with Crippen molar-refractivity contribution in [2.75, 3.05) is 22.9 Å². The summed E-state index contributed by atoms with van der Waals surface area (Å²) >= 11 is 12.0. The van der Waals surface area contributed by atoms with Gasteiger partial charge in [0, 0.05) is 71.8 Å². The van der Waals surface area contributed by atoms with Crippen LogP contribution in [0.1, 0.15) is 67.9 Å². The highest BCUT2D eigenvalue weighted by Crippen LogP contribution is 2.67. The van der Waals surface area contributed by atoms with Crippen molar-refractivity contribution in [1.82, 2.24) is 19.1 Å². The molecule has 0 bridgehead atoms. The number of carbonyl (C=O) groups excluding carboxylic acids is 2. The smallest absolute Gasteiger partial charge is 0.356 e. The molecule has 2 spiro atoms. The van der Waals surface area contributed by atoms with Crippen LogP contribution >= 0.6 is 23.2 Å². The lowest BCUT2D eigenvalue weighted by Gasteiger charge is -2.18. The van der Waals surface area contributed by atoms with Gasteiger partial charge in [0.05, 0.1) is 23.5 Å². The Morgan fingerprint density at radius 1 is 0.586 bits per heavy atom. The highest BCUT2D eigenvalue weighted by atomic mass is 35.5. The normalized spacial score (nSPS) is 22.2. The van der Waals surface area contributed by atoms with E-state index in [2.05, 4.69) is 9.97 Å². The number of fused-ring (bicyclic) bond motifs is 4. The van der Waals surface area contributed by atoms with Crippen molar-refractivity contribution in [2.45, 2.75) is 48.6 Å². The fourth-order valence-corrected chi connectivity index (χ4v) is 9.20. The van der Waals surface area contributed by atoms with Crippen LogP contribution in [0.3, 0.4) is 0 Å². The Hall–Kier alpha value is -6.24. The van der Waals surface area contributed by atoms with Gasteiger partial charge in [-0.25, -0.2) is 19.6 Å². The van der Waals surface area contributed by atoms with E-state index >= 15 is 0 Å². The van der Waals surface area contributed by atoms with Gasteiger partial charge in [-0.3, -0.25) is 9.59 Å². The average Bonchev–Trinajstić information content (AvgIpc) is 3.92. The largest absolute Gasteiger partial charge is 0.476 e. The highest BCUT2D eigenvalue weighted by Gasteiger charge is 2.68. The minimum absolute atomic E-state index is 0.000357. The van der Waals surface area contributed by atoms with Crippen LogP contribution < -0.4 is 9.80 Å². The molecule has 2 aliphatic heterocycles. The molecule has 0 radical (unpaired) electrons. The standard InChI is InChI=1S/2C22H18ClN3O3/c2*23-15-7-5-14(6-8-15)17-11-22(17)16-3-1-2-4-19(16)26(21(22)29)10-9-25-12-18(20(27)28)24-13-25/h2*1-8,12-13,17H,9-11H2,(H,27,28)/t2*17-,22+/m10/s1. The first-order chi connectivity index (χ1) is 28.0. The Bertz CT molecular complexity index is 2430. The number of hydrogen-bond donors (Lipinski definition) is 2. The monoisotopic (exact) mass is 814 g/mol. The third kappa shape index (κ3) is 6.23. The van der Waals surface area contributed by atoms with Crippen LogP contribution in [-0.4, -0.2) is 66.2 Å². The second kappa shape index (κ2) is 14.3. The molecule has 292 valence electrons. The molecular formula is C44H36Cl2N6O6. The van der Waals surface area contributed by atoms with Gasteiger partial charge in [0.25, 0.3) is 0 Å². The Morgan fingerprint density at radius 2 is 0.966 bits per heavy atom. The number of carboxylic acid groups (broad SMARTS) is 2. The van der Waals surface area contributed by atoms with E-state index in [1.54, 1.807) is 9.13 Å². The van der Waals surface area contributed by atoms with Crippen LogP contribution in [-0.2, 0) is 33.5 Å². The van der Waals surface area contributed by atoms with Crippen molar-refractivity contribution in [2.24, 2.45) is 0 Å². The molecule has 12 nitrogen and oxygen atoms in total. The summed E-state index contributed by atoms with van der Waals surface area (Å²) in [7, 11) is 0. The first-order valence-corrected chi connectivity index (χ1v) is 19.6. The maximum absolute atomic E-state index is 13.5. The van der Waals surface area contributed by atoms with Crippen molar-refractivity contribution in [3.05, 3.63) is 166 Å². The summed E-state index contributed by atoms with van der Waals surface area (Å²) in [6.45, 7) is 1.87. The summed E-state index contributed by atoms with van der Waals surface area (Å²) in [5, 5.41) is 19.4. The molecule has 4 aromatic carbocycles. The molecule has 2 saturated carbocycles. The lowest BCUT2D eigenvalue weighted by molar-refractivity contribution is -0.121. The molecule has 4 atom stereocenters. The van der Waals surface area contributed by atoms with E-state index in [1.807, 2.05) is 107 Å². The third-order valence-corrected chi connectivity index (χ3v) is 12.4.